The van der Waals surface area contributed by atoms with Gasteiger partial charge in [-0.05, 0) is 6.08 Å². The Labute approximate surface area is 59.1 Å². The molecule has 0 aromatic rings. The topological polar surface area (TPSA) is 15.3 Å². The summed E-state index contributed by atoms with van der Waals surface area (Å²) in [4.78, 5) is 0.757. The Morgan fingerprint density at radius 3 is 3.00 bits per heavy atom. The highest BCUT2D eigenvalue weighted by atomic mass is 32.1. The lowest BCUT2D eigenvalue weighted by molar-refractivity contribution is 0.627. The molecule has 0 aromatic heterocycles. The van der Waals surface area contributed by atoms with Crippen LogP contribution in [-0.4, -0.2) is 16.0 Å². The van der Waals surface area contributed by atoms with Gasteiger partial charge in [-0.1, -0.05) is 25.0 Å². The van der Waals surface area contributed by atoms with Crippen LogP contribution in [0.4, 0.5) is 0 Å². The molecule has 0 unspecified atom stereocenters. The largest absolute Gasteiger partial charge is 0.373 e. The first-order valence-electron chi connectivity index (χ1n) is 2.21. The SMILES string of the molecule is S=C1C=CNCN1S. The van der Waals surface area contributed by atoms with Crippen molar-refractivity contribution in [3.63, 3.8) is 0 Å². The summed E-state index contributed by atoms with van der Waals surface area (Å²) in [6, 6.07) is 0. The summed E-state index contributed by atoms with van der Waals surface area (Å²) in [6.07, 6.45) is 3.61. The van der Waals surface area contributed by atoms with E-state index >= 15 is 0 Å². The molecular weight excluding hydrogens is 140 g/mol. The minimum Gasteiger partial charge on any atom is -0.373 e. The second-order valence-electron chi connectivity index (χ2n) is 1.43. The third-order valence-corrected chi connectivity index (χ3v) is 1.69. The third-order valence-electron chi connectivity index (χ3n) is 0.839. The maximum atomic E-state index is 4.85. The van der Waals surface area contributed by atoms with E-state index in [-0.39, 0.29) is 0 Å². The summed E-state index contributed by atoms with van der Waals surface area (Å²) < 4.78 is 1.66. The Kier molecular flexibility index (Phi) is 1.75. The third kappa shape index (κ3) is 1.14. The van der Waals surface area contributed by atoms with Gasteiger partial charge in [0.25, 0.3) is 0 Å². The highest BCUT2D eigenvalue weighted by Crippen LogP contribution is 1.98. The van der Waals surface area contributed by atoms with Gasteiger partial charge in [0.2, 0.25) is 0 Å². The number of nitrogens with zero attached hydrogens (tertiary/aromatic N) is 1. The molecule has 0 spiro atoms. The van der Waals surface area contributed by atoms with E-state index in [2.05, 4.69) is 18.1 Å². The van der Waals surface area contributed by atoms with E-state index < -0.39 is 0 Å². The van der Waals surface area contributed by atoms with E-state index in [1.165, 1.54) is 0 Å². The fourth-order valence-electron chi connectivity index (χ4n) is 0.433. The lowest BCUT2D eigenvalue weighted by atomic mass is 10.5. The van der Waals surface area contributed by atoms with Crippen molar-refractivity contribution in [3.05, 3.63) is 12.3 Å². The molecule has 2 nitrogen and oxygen atoms in total. The van der Waals surface area contributed by atoms with Gasteiger partial charge >= 0.3 is 0 Å². The van der Waals surface area contributed by atoms with Crippen LogP contribution < -0.4 is 5.32 Å². The molecule has 0 radical (unpaired) electrons. The molecule has 1 aliphatic heterocycles. The predicted octanol–water partition coefficient (Wildman–Crippen LogP) is 0.535. The monoisotopic (exact) mass is 146 g/mol. The summed E-state index contributed by atoms with van der Waals surface area (Å²) in [7, 11) is 0. The molecule has 1 aliphatic rings. The van der Waals surface area contributed by atoms with Crippen LogP contribution in [0.1, 0.15) is 0 Å². The van der Waals surface area contributed by atoms with Crippen molar-refractivity contribution in [2.45, 2.75) is 0 Å². The number of hydrogen-bond acceptors (Lipinski definition) is 3. The number of nitrogens with one attached hydrogen (secondary N) is 1. The summed E-state index contributed by atoms with van der Waals surface area (Å²) in [6.45, 7) is 0.693. The smallest absolute Gasteiger partial charge is 0.114 e. The molecule has 0 bridgehead atoms. The first-order chi connectivity index (χ1) is 3.80. The minimum absolute atomic E-state index is 0.693. The second-order valence-corrected chi connectivity index (χ2v) is 2.33. The van der Waals surface area contributed by atoms with Gasteiger partial charge in [0.05, 0.1) is 6.67 Å². The van der Waals surface area contributed by atoms with Gasteiger partial charge in [0.15, 0.2) is 0 Å². The minimum atomic E-state index is 0.693. The summed E-state index contributed by atoms with van der Waals surface area (Å²) in [5.74, 6) is 0. The van der Waals surface area contributed by atoms with Crippen molar-refractivity contribution >= 4 is 30.0 Å². The van der Waals surface area contributed by atoms with Crippen molar-refractivity contribution in [2.75, 3.05) is 6.67 Å². The van der Waals surface area contributed by atoms with Gasteiger partial charge in [-0.2, -0.15) is 0 Å². The Morgan fingerprint density at radius 2 is 2.62 bits per heavy atom. The molecule has 0 aliphatic carbocycles. The van der Waals surface area contributed by atoms with Gasteiger partial charge in [-0.15, -0.1) is 0 Å². The van der Waals surface area contributed by atoms with Crippen molar-refractivity contribution in [1.82, 2.24) is 9.62 Å². The fourth-order valence-corrected chi connectivity index (χ4v) is 0.714. The van der Waals surface area contributed by atoms with Crippen molar-refractivity contribution < 1.29 is 0 Å². The summed E-state index contributed by atoms with van der Waals surface area (Å²) >= 11 is 8.89. The molecule has 1 heterocycles. The van der Waals surface area contributed by atoms with Crippen LogP contribution in [0.15, 0.2) is 12.3 Å². The molecule has 4 heteroatoms. The normalized spacial score (nSPS) is 18.6. The molecule has 0 atom stereocenters. The molecule has 0 saturated heterocycles. The molecule has 8 heavy (non-hydrogen) atoms. The second kappa shape index (κ2) is 2.37. The molecular formula is C4H6N2S2. The highest BCUT2D eigenvalue weighted by Gasteiger charge is 2.02. The molecule has 44 valence electrons. The fraction of sp³-hybridized carbons (Fsp3) is 0.250. The van der Waals surface area contributed by atoms with E-state index in [4.69, 9.17) is 12.2 Å². The lowest BCUT2D eigenvalue weighted by Crippen LogP contribution is -2.31. The Hall–Kier alpha value is -0.220. The molecule has 0 aromatic carbocycles. The zero-order valence-electron chi connectivity index (χ0n) is 4.16. The van der Waals surface area contributed by atoms with Crippen LogP contribution in [-0.2, 0) is 0 Å². The van der Waals surface area contributed by atoms with Crippen molar-refractivity contribution in [2.24, 2.45) is 0 Å². The van der Waals surface area contributed by atoms with Crippen LogP contribution in [0, 0.1) is 0 Å². The molecule has 1 rings (SSSR count). The molecule has 0 fully saturated rings. The predicted molar refractivity (Wildman–Crippen MR) is 40.6 cm³/mol. The van der Waals surface area contributed by atoms with E-state index in [9.17, 15) is 0 Å². The molecule has 1 N–H and O–H groups in total. The first kappa shape index (κ1) is 5.91. The zero-order chi connectivity index (χ0) is 5.98. The van der Waals surface area contributed by atoms with E-state index in [1.54, 1.807) is 10.4 Å². The van der Waals surface area contributed by atoms with Gasteiger partial charge in [0.1, 0.15) is 4.99 Å². The van der Waals surface area contributed by atoms with Crippen molar-refractivity contribution in [3.8, 4) is 0 Å². The Balaban J connectivity index is 2.60. The number of rotatable bonds is 0. The Morgan fingerprint density at radius 1 is 1.88 bits per heavy atom. The van der Waals surface area contributed by atoms with Crippen LogP contribution >= 0.6 is 25.0 Å². The van der Waals surface area contributed by atoms with E-state index in [1.807, 2.05) is 6.20 Å². The number of hydrogen-bond donors (Lipinski definition) is 2. The quantitative estimate of drug-likeness (QED) is 0.383. The van der Waals surface area contributed by atoms with Gasteiger partial charge in [-0.3, -0.25) is 4.31 Å². The summed E-state index contributed by atoms with van der Waals surface area (Å²) in [5, 5.41) is 2.95. The maximum Gasteiger partial charge on any atom is 0.114 e. The maximum absolute atomic E-state index is 4.85. The lowest BCUT2D eigenvalue weighted by Gasteiger charge is -2.19. The Bertz CT molecular complexity index is 132. The molecule has 0 amide bonds. The average Bonchev–Trinajstić information content (AvgIpc) is 1.77. The van der Waals surface area contributed by atoms with Crippen LogP contribution in [0.5, 0.6) is 0 Å². The van der Waals surface area contributed by atoms with Crippen LogP contribution in [0.2, 0.25) is 0 Å². The van der Waals surface area contributed by atoms with E-state index in [0.717, 1.165) is 4.99 Å². The zero-order valence-corrected chi connectivity index (χ0v) is 5.88. The average molecular weight is 146 g/mol. The number of thiol groups is 1. The molecule has 0 saturated carbocycles. The summed E-state index contributed by atoms with van der Waals surface area (Å²) in [5.41, 5.74) is 0. The van der Waals surface area contributed by atoms with Crippen LogP contribution in [0.25, 0.3) is 0 Å². The van der Waals surface area contributed by atoms with Gasteiger partial charge < -0.3 is 5.32 Å². The first-order valence-corrected chi connectivity index (χ1v) is 3.02. The van der Waals surface area contributed by atoms with E-state index in [0.29, 0.717) is 6.67 Å². The highest BCUT2D eigenvalue weighted by molar-refractivity contribution is 7.84. The standard InChI is InChI=1S/C4H6N2S2/c7-4-1-2-5-3-6(4)8/h1-2,5,8H,3H2. The van der Waals surface area contributed by atoms with Gasteiger partial charge in [0, 0.05) is 6.20 Å². The van der Waals surface area contributed by atoms with Gasteiger partial charge in [-0.25, -0.2) is 0 Å². The van der Waals surface area contributed by atoms with Crippen LogP contribution in [0.3, 0.4) is 0 Å². The van der Waals surface area contributed by atoms with Crippen molar-refractivity contribution in [1.29, 1.82) is 0 Å². The number of thiocarbonyl (C=S) groups is 1.